The van der Waals surface area contributed by atoms with Crippen molar-refractivity contribution in [3.05, 3.63) is 56.8 Å². The molecule has 3 aromatic heterocycles. The van der Waals surface area contributed by atoms with Gasteiger partial charge < -0.3 is 5.32 Å². The molecule has 0 spiro atoms. The first-order valence-electron chi connectivity index (χ1n) is 10.1. The Bertz CT molecular complexity index is 1250. The fourth-order valence-corrected chi connectivity index (χ4v) is 5.09. The van der Waals surface area contributed by atoms with Crippen LogP contribution in [0.1, 0.15) is 30.1 Å². The van der Waals surface area contributed by atoms with Crippen molar-refractivity contribution in [3.8, 4) is 5.82 Å². The summed E-state index contributed by atoms with van der Waals surface area (Å²) < 4.78 is 4.41. The molecule has 1 atom stereocenters. The van der Waals surface area contributed by atoms with E-state index in [1.54, 1.807) is 10.6 Å². The molecule has 11 nitrogen and oxygen atoms in total. The third-order valence-corrected chi connectivity index (χ3v) is 6.54. The number of hydrogen-bond acceptors (Lipinski definition) is 8. The van der Waals surface area contributed by atoms with Crippen molar-refractivity contribution in [2.75, 3.05) is 12.3 Å². The average Bonchev–Trinajstić information content (AvgIpc) is 3.51. The Kier molecular flexibility index (Phi) is 5.14. The molecular weight excluding hydrogens is 420 g/mol. The standard InChI is InChI=1S/C19H20N8O3S/c28-16(8-12-9-31-19-23-14-3-1-2-13(14)18(30)27(12)19)21-6-7-25-17(29)5-4-15(24-25)26-11-20-10-22-26/h4-5,10-12H,1-3,6-9H2,(H,21,28)/t12-/m0/s1. The number of thioether (sulfide) groups is 1. The number of carbonyl (C=O) groups is 1. The lowest BCUT2D eigenvalue weighted by molar-refractivity contribution is -0.121. The summed E-state index contributed by atoms with van der Waals surface area (Å²) in [5, 5.41) is 11.8. The van der Waals surface area contributed by atoms with E-state index < -0.39 is 0 Å². The Morgan fingerprint density at radius 3 is 3.00 bits per heavy atom. The lowest BCUT2D eigenvalue weighted by atomic mass is 10.2. The summed E-state index contributed by atoms with van der Waals surface area (Å²) >= 11 is 1.52. The van der Waals surface area contributed by atoms with Crippen LogP contribution in [0.25, 0.3) is 5.82 Å². The maximum Gasteiger partial charge on any atom is 0.266 e. The second-order valence-electron chi connectivity index (χ2n) is 7.46. The van der Waals surface area contributed by atoms with E-state index in [-0.39, 0.29) is 42.6 Å². The highest BCUT2D eigenvalue weighted by Gasteiger charge is 2.31. The van der Waals surface area contributed by atoms with E-state index in [2.05, 4.69) is 25.5 Å². The number of aryl methyl sites for hydroxylation is 1. The average molecular weight is 440 g/mol. The zero-order chi connectivity index (χ0) is 21.4. The van der Waals surface area contributed by atoms with Gasteiger partial charge in [0.2, 0.25) is 5.91 Å². The lowest BCUT2D eigenvalue weighted by Crippen LogP contribution is -2.35. The number of aromatic nitrogens is 7. The number of nitrogens with one attached hydrogen (secondary N) is 1. The van der Waals surface area contributed by atoms with Crippen molar-refractivity contribution in [1.82, 2.24) is 39.4 Å². The van der Waals surface area contributed by atoms with Crippen molar-refractivity contribution >= 4 is 17.7 Å². The van der Waals surface area contributed by atoms with Crippen molar-refractivity contribution in [3.63, 3.8) is 0 Å². The lowest BCUT2D eigenvalue weighted by Gasteiger charge is -2.14. The van der Waals surface area contributed by atoms with Gasteiger partial charge in [0.1, 0.15) is 12.7 Å². The van der Waals surface area contributed by atoms with Gasteiger partial charge in [0.25, 0.3) is 11.1 Å². The summed E-state index contributed by atoms with van der Waals surface area (Å²) in [6, 6.07) is 2.75. The van der Waals surface area contributed by atoms with Crippen LogP contribution in [0.3, 0.4) is 0 Å². The largest absolute Gasteiger partial charge is 0.354 e. The third-order valence-electron chi connectivity index (χ3n) is 5.45. The molecule has 1 aliphatic heterocycles. The topological polar surface area (TPSA) is 130 Å². The fourth-order valence-electron chi connectivity index (χ4n) is 3.94. The Morgan fingerprint density at radius 1 is 1.26 bits per heavy atom. The monoisotopic (exact) mass is 440 g/mol. The maximum absolute atomic E-state index is 12.8. The van der Waals surface area contributed by atoms with Gasteiger partial charge in [0.05, 0.1) is 18.3 Å². The molecular formula is C19H20N8O3S. The SMILES string of the molecule is O=C(C[C@H]1CSc2nc3c(c(=O)n21)CCC3)NCCn1nc(-n2cncn2)ccc1=O. The van der Waals surface area contributed by atoms with Gasteiger partial charge in [-0.1, -0.05) is 11.8 Å². The van der Waals surface area contributed by atoms with E-state index in [0.717, 1.165) is 30.5 Å². The zero-order valence-corrected chi connectivity index (χ0v) is 17.4. The molecule has 31 heavy (non-hydrogen) atoms. The first-order chi connectivity index (χ1) is 15.1. The quantitative estimate of drug-likeness (QED) is 0.518. The van der Waals surface area contributed by atoms with Crippen LogP contribution in [0, 0.1) is 0 Å². The van der Waals surface area contributed by atoms with Gasteiger partial charge in [0.15, 0.2) is 11.0 Å². The molecule has 1 N–H and O–H groups in total. The van der Waals surface area contributed by atoms with Gasteiger partial charge in [-0.2, -0.15) is 5.10 Å². The highest BCUT2D eigenvalue weighted by Crippen LogP contribution is 2.33. The van der Waals surface area contributed by atoms with E-state index in [0.29, 0.717) is 16.7 Å². The second-order valence-corrected chi connectivity index (χ2v) is 8.45. The van der Waals surface area contributed by atoms with Gasteiger partial charge >= 0.3 is 0 Å². The van der Waals surface area contributed by atoms with Crippen LogP contribution < -0.4 is 16.4 Å². The molecule has 0 radical (unpaired) electrons. The van der Waals surface area contributed by atoms with Crippen LogP contribution >= 0.6 is 11.8 Å². The van der Waals surface area contributed by atoms with Crippen molar-refractivity contribution < 1.29 is 4.79 Å². The molecule has 0 saturated heterocycles. The Morgan fingerprint density at radius 2 is 2.16 bits per heavy atom. The number of rotatable bonds is 6. The Balaban J connectivity index is 1.21. The van der Waals surface area contributed by atoms with Gasteiger partial charge in [0, 0.05) is 30.3 Å². The highest BCUT2D eigenvalue weighted by atomic mass is 32.2. The summed E-state index contributed by atoms with van der Waals surface area (Å²) in [7, 11) is 0. The highest BCUT2D eigenvalue weighted by molar-refractivity contribution is 7.99. The van der Waals surface area contributed by atoms with E-state index in [4.69, 9.17) is 0 Å². The van der Waals surface area contributed by atoms with Crippen LogP contribution in [0.4, 0.5) is 0 Å². The van der Waals surface area contributed by atoms with Crippen LogP contribution in [0.15, 0.2) is 39.5 Å². The molecule has 2 aliphatic rings. The molecule has 3 aromatic rings. The second kappa shape index (κ2) is 8.10. The van der Waals surface area contributed by atoms with E-state index >= 15 is 0 Å². The van der Waals surface area contributed by atoms with E-state index in [1.807, 2.05) is 0 Å². The molecule has 0 unspecified atom stereocenters. The number of amides is 1. The van der Waals surface area contributed by atoms with Crippen molar-refractivity contribution in [2.24, 2.45) is 0 Å². The Hall–Kier alpha value is -3.28. The van der Waals surface area contributed by atoms with Crippen LogP contribution in [0.5, 0.6) is 0 Å². The number of nitrogens with zero attached hydrogens (tertiary/aromatic N) is 7. The zero-order valence-electron chi connectivity index (χ0n) is 16.6. The molecule has 12 heteroatoms. The minimum absolute atomic E-state index is 0.000906. The summed E-state index contributed by atoms with van der Waals surface area (Å²) in [5.41, 5.74) is 1.45. The summed E-state index contributed by atoms with van der Waals surface area (Å²) in [6.07, 6.45) is 5.65. The van der Waals surface area contributed by atoms with Gasteiger partial charge in [-0.25, -0.2) is 19.3 Å². The smallest absolute Gasteiger partial charge is 0.266 e. The van der Waals surface area contributed by atoms with Crippen molar-refractivity contribution in [1.29, 1.82) is 0 Å². The summed E-state index contributed by atoms with van der Waals surface area (Å²) in [5.74, 6) is 0.938. The van der Waals surface area contributed by atoms with Crippen LogP contribution in [-0.2, 0) is 24.2 Å². The molecule has 0 bridgehead atoms. The molecule has 5 rings (SSSR count). The van der Waals surface area contributed by atoms with Crippen LogP contribution in [-0.4, -0.2) is 52.3 Å². The number of fused-ring (bicyclic) bond motifs is 2. The molecule has 0 aromatic carbocycles. The fraction of sp³-hybridized carbons (Fsp3) is 0.421. The minimum Gasteiger partial charge on any atom is -0.354 e. The van der Waals surface area contributed by atoms with Crippen LogP contribution in [0.2, 0.25) is 0 Å². The predicted molar refractivity (Wildman–Crippen MR) is 111 cm³/mol. The maximum atomic E-state index is 12.8. The predicted octanol–water partition coefficient (Wildman–Crippen LogP) is -0.277. The molecule has 0 saturated carbocycles. The molecule has 1 aliphatic carbocycles. The first-order valence-corrected chi connectivity index (χ1v) is 11.1. The summed E-state index contributed by atoms with van der Waals surface area (Å²) in [6.45, 7) is 0.467. The number of carbonyl (C=O) groups excluding carboxylic acids is 1. The van der Waals surface area contributed by atoms with Gasteiger partial charge in [-0.15, -0.1) is 5.10 Å². The molecule has 1 amide bonds. The normalized spacial score (nSPS) is 16.8. The minimum atomic E-state index is -0.272. The Labute approximate surface area is 180 Å². The summed E-state index contributed by atoms with van der Waals surface area (Å²) in [4.78, 5) is 45.9. The third kappa shape index (κ3) is 3.78. The van der Waals surface area contributed by atoms with Crippen molar-refractivity contribution in [2.45, 2.75) is 43.4 Å². The molecule has 0 fully saturated rings. The first kappa shape index (κ1) is 19.7. The number of hydrogen-bond donors (Lipinski definition) is 1. The van der Waals surface area contributed by atoms with Gasteiger partial charge in [-0.05, 0) is 25.3 Å². The van der Waals surface area contributed by atoms with E-state index in [1.165, 1.54) is 39.8 Å². The molecule has 4 heterocycles. The van der Waals surface area contributed by atoms with Gasteiger partial charge in [-0.3, -0.25) is 19.0 Å². The van der Waals surface area contributed by atoms with E-state index in [9.17, 15) is 14.4 Å². The molecule has 160 valence electrons.